The Balaban J connectivity index is 1.51. The van der Waals surface area contributed by atoms with E-state index in [9.17, 15) is 24.3 Å². The lowest BCUT2D eigenvalue weighted by molar-refractivity contribution is -0.145. The van der Waals surface area contributed by atoms with E-state index in [1.807, 2.05) is 30.3 Å². The third-order valence-electron chi connectivity index (χ3n) is 5.97. The van der Waals surface area contributed by atoms with Gasteiger partial charge in [-0.2, -0.15) is 0 Å². The number of benzene rings is 3. The summed E-state index contributed by atoms with van der Waals surface area (Å²) < 4.78 is 11.8. The molecule has 0 aliphatic heterocycles. The van der Waals surface area contributed by atoms with Gasteiger partial charge in [-0.25, -0.2) is 4.79 Å². The van der Waals surface area contributed by atoms with E-state index in [1.54, 1.807) is 37.3 Å². The minimum Gasteiger partial charge on any atom is -0.481 e. The zero-order chi connectivity index (χ0) is 27.2. The van der Waals surface area contributed by atoms with Crippen LogP contribution in [0.1, 0.15) is 44.0 Å². The van der Waals surface area contributed by atoms with Gasteiger partial charge in [0, 0.05) is 21.7 Å². The second kappa shape index (κ2) is 11.7. The molecule has 0 saturated carbocycles. The molecule has 38 heavy (non-hydrogen) atoms. The van der Waals surface area contributed by atoms with Gasteiger partial charge < -0.3 is 14.6 Å². The van der Waals surface area contributed by atoms with Crippen molar-refractivity contribution < 1.29 is 33.8 Å². The van der Waals surface area contributed by atoms with Crippen molar-refractivity contribution in [2.24, 2.45) is 0 Å². The van der Waals surface area contributed by atoms with Crippen LogP contribution in [0.25, 0.3) is 10.9 Å². The fourth-order valence-corrected chi connectivity index (χ4v) is 4.21. The average Bonchev–Trinajstić information content (AvgIpc) is 3.17. The lowest BCUT2D eigenvalue weighted by Crippen LogP contribution is -2.14. The molecular formula is C29H24ClNO7. The van der Waals surface area contributed by atoms with Crippen LogP contribution in [0.15, 0.2) is 72.8 Å². The second-order valence-electron chi connectivity index (χ2n) is 8.55. The van der Waals surface area contributed by atoms with E-state index in [2.05, 4.69) is 0 Å². The molecule has 0 spiro atoms. The van der Waals surface area contributed by atoms with Gasteiger partial charge in [0.2, 0.25) is 0 Å². The Bertz CT molecular complexity index is 1510. The molecule has 3 aromatic carbocycles. The standard InChI is InChI=1S/C29H24ClNO7/c1-18-23(16-26(32)33)24-15-21(9-12-25(24)31(18)28(35)20-7-10-22(30)11-8-20)29(36)37-14-13-27(34)38-17-19-5-3-2-4-6-19/h2-12,15H,13-14,16-17H2,1H3,(H,32,33). The number of carboxylic acids is 1. The SMILES string of the molecule is Cc1c(CC(=O)O)c2cc(C(=O)OCCC(=O)OCc3ccccc3)ccc2n1C(=O)c1ccc(Cl)cc1. The number of rotatable bonds is 9. The molecule has 1 aromatic heterocycles. The number of halogens is 1. The van der Waals surface area contributed by atoms with E-state index in [4.69, 9.17) is 21.1 Å². The summed E-state index contributed by atoms with van der Waals surface area (Å²) in [4.78, 5) is 49.5. The zero-order valence-electron chi connectivity index (χ0n) is 20.5. The first-order valence-corrected chi connectivity index (χ1v) is 12.1. The summed E-state index contributed by atoms with van der Waals surface area (Å²) in [5.41, 5.74) is 2.71. The van der Waals surface area contributed by atoms with Crippen molar-refractivity contribution in [2.45, 2.75) is 26.4 Å². The quantitative estimate of drug-likeness (QED) is 0.294. The highest BCUT2D eigenvalue weighted by Gasteiger charge is 2.23. The van der Waals surface area contributed by atoms with Crippen molar-refractivity contribution in [3.05, 3.63) is 106 Å². The van der Waals surface area contributed by atoms with Crippen LogP contribution < -0.4 is 0 Å². The molecule has 0 aliphatic carbocycles. The number of ether oxygens (including phenoxy) is 2. The molecule has 8 nitrogen and oxygen atoms in total. The summed E-state index contributed by atoms with van der Waals surface area (Å²) in [6, 6.07) is 20.1. The molecule has 4 aromatic rings. The highest BCUT2D eigenvalue weighted by molar-refractivity contribution is 6.30. The predicted molar refractivity (Wildman–Crippen MR) is 140 cm³/mol. The third-order valence-corrected chi connectivity index (χ3v) is 6.23. The third kappa shape index (κ3) is 6.10. The highest BCUT2D eigenvalue weighted by atomic mass is 35.5. The number of esters is 2. The van der Waals surface area contributed by atoms with Gasteiger partial charge in [-0.15, -0.1) is 0 Å². The Hall–Kier alpha value is -4.43. The molecule has 0 saturated heterocycles. The summed E-state index contributed by atoms with van der Waals surface area (Å²) in [7, 11) is 0. The molecule has 0 aliphatic rings. The molecule has 0 atom stereocenters. The zero-order valence-corrected chi connectivity index (χ0v) is 21.2. The van der Waals surface area contributed by atoms with Crippen LogP contribution in [0.5, 0.6) is 0 Å². The van der Waals surface area contributed by atoms with Gasteiger partial charge in [-0.1, -0.05) is 41.9 Å². The second-order valence-corrected chi connectivity index (χ2v) is 8.98. The highest BCUT2D eigenvalue weighted by Crippen LogP contribution is 2.29. The van der Waals surface area contributed by atoms with Crippen LogP contribution in [-0.4, -0.2) is 40.1 Å². The smallest absolute Gasteiger partial charge is 0.338 e. The lowest BCUT2D eigenvalue weighted by atomic mass is 10.1. The minimum absolute atomic E-state index is 0.115. The maximum Gasteiger partial charge on any atom is 0.338 e. The van der Waals surface area contributed by atoms with E-state index >= 15 is 0 Å². The summed E-state index contributed by atoms with van der Waals surface area (Å²) >= 11 is 5.94. The molecule has 194 valence electrons. The number of aliphatic carboxylic acids is 1. The maximum absolute atomic E-state index is 13.3. The number of aromatic nitrogens is 1. The molecule has 0 fully saturated rings. The largest absolute Gasteiger partial charge is 0.481 e. The van der Waals surface area contributed by atoms with E-state index < -0.39 is 17.9 Å². The monoisotopic (exact) mass is 533 g/mol. The minimum atomic E-state index is -1.08. The van der Waals surface area contributed by atoms with Crippen LogP contribution in [0, 0.1) is 6.92 Å². The van der Waals surface area contributed by atoms with Crippen molar-refractivity contribution in [1.29, 1.82) is 0 Å². The molecule has 9 heteroatoms. The van der Waals surface area contributed by atoms with E-state index in [1.165, 1.54) is 16.7 Å². The number of carbonyl (C=O) groups excluding carboxylic acids is 3. The van der Waals surface area contributed by atoms with E-state index in [0.717, 1.165) is 5.56 Å². The average molecular weight is 534 g/mol. The van der Waals surface area contributed by atoms with Gasteiger partial charge in [0.15, 0.2) is 0 Å². The van der Waals surface area contributed by atoms with Crippen molar-refractivity contribution in [2.75, 3.05) is 6.61 Å². The number of nitrogens with zero attached hydrogens (tertiary/aromatic N) is 1. The molecule has 4 rings (SSSR count). The van der Waals surface area contributed by atoms with Gasteiger partial charge in [0.05, 0.1) is 23.9 Å². The Morgan fingerprint density at radius 3 is 2.26 bits per heavy atom. The first kappa shape index (κ1) is 26.6. The lowest BCUT2D eigenvalue weighted by Gasteiger charge is -2.08. The number of fused-ring (bicyclic) bond motifs is 1. The van der Waals surface area contributed by atoms with Gasteiger partial charge in [-0.3, -0.25) is 19.0 Å². The van der Waals surface area contributed by atoms with Crippen molar-refractivity contribution in [3.8, 4) is 0 Å². The van der Waals surface area contributed by atoms with Gasteiger partial charge >= 0.3 is 17.9 Å². The van der Waals surface area contributed by atoms with Crippen LogP contribution >= 0.6 is 11.6 Å². The van der Waals surface area contributed by atoms with Crippen molar-refractivity contribution >= 4 is 46.3 Å². The number of carbonyl (C=O) groups is 4. The van der Waals surface area contributed by atoms with E-state index in [0.29, 0.717) is 32.7 Å². The van der Waals surface area contributed by atoms with Crippen LogP contribution in [0.4, 0.5) is 0 Å². The number of hydrogen-bond acceptors (Lipinski definition) is 6. The first-order chi connectivity index (χ1) is 18.2. The number of hydrogen-bond donors (Lipinski definition) is 1. The van der Waals surface area contributed by atoms with Crippen LogP contribution in [-0.2, 0) is 32.1 Å². The molecule has 0 radical (unpaired) electrons. The molecular weight excluding hydrogens is 510 g/mol. The summed E-state index contributed by atoms with van der Waals surface area (Å²) in [6.07, 6.45) is -0.453. The van der Waals surface area contributed by atoms with Gasteiger partial charge in [0.25, 0.3) is 5.91 Å². The number of carboxylic acid groups (broad SMARTS) is 1. The predicted octanol–water partition coefficient (Wildman–Crippen LogP) is 5.21. The first-order valence-electron chi connectivity index (χ1n) is 11.8. The van der Waals surface area contributed by atoms with Crippen LogP contribution in [0.2, 0.25) is 5.02 Å². The van der Waals surface area contributed by atoms with Gasteiger partial charge in [0.1, 0.15) is 13.2 Å². The topological polar surface area (TPSA) is 112 Å². The molecule has 0 amide bonds. The Morgan fingerprint density at radius 1 is 0.895 bits per heavy atom. The molecule has 1 N–H and O–H groups in total. The van der Waals surface area contributed by atoms with Crippen molar-refractivity contribution in [1.82, 2.24) is 4.57 Å². The normalized spacial score (nSPS) is 10.8. The molecule has 0 unspecified atom stereocenters. The summed E-state index contributed by atoms with van der Waals surface area (Å²) in [5, 5.41) is 10.4. The molecule has 0 bridgehead atoms. The fraction of sp³-hybridized carbons (Fsp3) is 0.172. The molecule has 1 heterocycles. The van der Waals surface area contributed by atoms with Gasteiger partial charge in [-0.05, 0) is 60.5 Å². The summed E-state index contributed by atoms with van der Waals surface area (Å²) in [6.45, 7) is 1.61. The van der Waals surface area contributed by atoms with E-state index in [-0.39, 0.29) is 37.5 Å². The Labute approximate surface area is 223 Å². The fourth-order valence-electron chi connectivity index (χ4n) is 4.09. The van der Waals surface area contributed by atoms with Crippen LogP contribution in [0.3, 0.4) is 0 Å². The Kier molecular flexibility index (Phi) is 8.23. The Morgan fingerprint density at radius 2 is 1.58 bits per heavy atom. The maximum atomic E-state index is 13.3. The summed E-state index contributed by atoms with van der Waals surface area (Å²) in [5.74, 6) is -2.62. The van der Waals surface area contributed by atoms with Crippen molar-refractivity contribution in [3.63, 3.8) is 0 Å².